The molecule has 1 atom stereocenters. The molecule has 1 rings (SSSR count). The molecule has 0 aromatic carbocycles. The van der Waals surface area contributed by atoms with E-state index in [4.69, 9.17) is 0 Å². The zero-order chi connectivity index (χ0) is 12.1. The Bertz CT molecular complexity index is 306. The predicted octanol–water partition coefficient (Wildman–Crippen LogP) is 0.00310. The van der Waals surface area contributed by atoms with E-state index in [1.165, 1.54) is 23.6 Å². The van der Waals surface area contributed by atoms with Gasteiger partial charge in [0.15, 0.2) is 0 Å². The SMILES string of the molecule is CCSC1CC(=O)N(CCNC(C)=O)C1=O. The number of amides is 3. The molecule has 1 saturated heterocycles. The Morgan fingerprint density at radius 3 is 2.81 bits per heavy atom. The van der Waals surface area contributed by atoms with Gasteiger partial charge in [-0.05, 0) is 5.75 Å². The Hall–Kier alpha value is -1.04. The van der Waals surface area contributed by atoms with Crippen LogP contribution in [-0.2, 0) is 14.4 Å². The second kappa shape index (κ2) is 5.89. The fourth-order valence-electron chi connectivity index (χ4n) is 1.56. The maximum absolute atomic E-state index is 11.8. The molecule has 0 spiro atoms. The first-order valence-electron chi connectivity index (χ1n) is 5.26. The normalized spacial score (nSPS) is 20.4. The molecule has 16 heavy (non-hydrogen) atoms. The Balaban J connectivity index is 2.44. The lowest BCUT2D eigenvalue weighted by Crippen LogP contribution is -2.38. The van der Waals surface area contributed by atoms with E-state index in [0.29, 0.717) is 6.54 Å². The molecule has 1 unspecified atom stereocenters. The molecule has 6 heteroatoms. The molecule has 90 valence electrons. The molecule has 0 aromatic rings. The number of likely N-dealkylation sites (tertiary alicyclic amines) is 1. The zero-order valence-electron chi connectivity index (χ0n) is 9.49. The predicted molar refractivity (Wildman–Crippen MR) is 61.9 cm³/mol. The van der Waals surface area contributed by atoms with E-state index in [0.717, 1.165) is 5.75 Å². The van der Waals surface area contributed by atoms with Crippen LogP contribution in [-0.4, -0.2) is 46.7 Å². The van der Waals surface area contributed by atoms with Gasteiger partial charge < -0.3 is 5.32 Å². The van der Waals surface area contributed by atoms with Crippen molar-refractivity contribution in [2.45, 2.75) is 25.5 Å². The fourth-order valence-corrected chi connectivity index (χ4v) is 2.50. The summed E-state index contributed by atoms with van der Waals surface area (Å²) in [6, 6.07) is 0. The number of hydrogen-bond acceptors (Lipinski definition) is 4. The quantitative estimate of drug-likeness (QED) is 0.691. The van der Waals surface area contributed by atoms with Gasteiger partial charge in [0.05, 0.1) is 5.25 Å². The number of carbonyl (C=O) groups is 3. The van der Waals surface area contributed by atoms with Crippen molar-refractivity contribution in [3.8, 4) is 0 Å². The van der Waals surface area contributed by atoms with Gasteiger partial charge >= 0.3 is 0 Å². The number of thioether (sulfide) groups is 1. The van der Waals surface area contributed by atoms with Crippen LogP contribution in [0.3, 0.4) is 0 Å². The van der Waals surface area contributed by atoms with Gasteiger partial charge in [0.25, 0.3) is 0 Å². The summed E-state index contributed by atoms with van der Waals surface area (Å²) < 4.78 is 0. The summed E-state index contributed by atoms with van der Waals surface area (Å²) in [6.45, 7) is 3.97. The van der Waals surface area contributed by atoms with Crippen LogP contribution in [0.25, 0.3) is 0 Å². The number of hydrogen-bond donors (Lipinski definition) is 1. The smallest absolute Gasteiger partial charge is 0.242 e. The van der Waals surface area contributed by atoms with Crippen molar-refractivity contribution in [1.29, 1.82) is 0 Å². The van der Waals surface area contributed by atoms with E-state index in [-0.39, 0.29) is 35.9 Å². The van der Waals surface area contributed by atoms with E-state index in [2.05, 4.69) is 5.32 Å². The van der Waals surface area contributed by atoms with E-state index >= 15 is 0 Å². The van der Waals surface area contributed by atoms with Crippen LogP contribution >= 0.6 is 11.8 Å². The second-order valence-electron chi connectivity index (χ2n) is 3.51. The van der Waals surface area contributed by atoms with Gasteiger partial charge in [0, 0.05) is 26.4 Å². The van der Waals surface area contributed by atoms with Gasteiger partial charge in [-0.3, -0.25) is 19.3 Å². The molecule has 0 bridgehead atoms. The molecule has 1 fully saturated rings. The summed E-state index contributed by atoms with van der Waals surface area (Å²) in [5.74, 6) is 0.408. The average Bonchev–Trinajstić information content (AvgIpc) is 2.45. The van der Waals surface area contributed by atoms with Gasteiger partial charge in [0.2, 0.25) is 17.7 Å². The van der Waals surface area contributed by atoms with Crippen molar-refractivity contribution < 1.29 is 14.4 Å². The minimum Gasteiger partial charge on any atom is -0.355 e. The van der Waals surface area contributed by atoms with Crippen molar-refractivity contribution in [2.24, 2.45) is 0 Å². The lowest BCUT2D eigenvalue weighted by Gasteiger charge is -2.14. The van der Waals surface area contributed by atoms with Crippen LogP contribution in [0.15, 0.2) is 0 Å². The number of nitrogens with one attached hydrogen (secondary N) is 1. The lowest BCUT2D eigenvalue weighted by atomic mass is 10.4. The minimum absolute atomic E-state index is 0.123. The Morgan fingerprint density at radius 1 is 1.56 bits per heavy atom. The minimum atomic E-state index is -0.227. The third-order valence-electron chi connectivity index (χ3n) is 2.28. The van der Waals surface area contributed by atoms with E-state index in [1.54, 1.807) is 0 Å². The molecule has 0 saturated carbocycles. The molecule has 5 nitrogen and oxygen atoms in total. The summed E-state index contributed by atoms with van der Waals surface area (Å²) >= 11 is 1.49. The molecule has 0 radical (unpaired) electrons. The summed E-state index contributed by atoms with van der Waals surface area (Å²) in [7, 11) is 0. The first kappa shape index (κ1) is 13.0. The summed E-state index contributed by atoms with van der Waals surface area (Å²) in [5.41, 5.74) is 0. The average molecular weight is 244 g/mol. The van der Waals surface area contributed by atoms with Gasteiger partial charge in [-0.25, -0.2) is 0 Å². The molecule has 0 aliphatic carbocycles. The zero-order valence-corrected chi connectivity index (χ0v) is 10.3. The molecule has 1 aliphatic heterocycles. The van der Waals surface area contributed by atoms with Crippen molar-refractivity contribution >= 4 is 29.5 Å². The van der Waals surface area contributed by atoms with Gasteiger partial charge in [-0.2, -0.15) is 0 Å². The van der Waals surface area contributed by atoms with Crippen LogP contribution in [0, 0.1) is 0 Å². The molecule has 3 amide bonds. The maximum Gasteiger partial charge on any atom is 0.242 e. The van der Waals surface area contributed by atoms with Crippen LogP contribution in [0.5, 0.6) is 0 Å². The van der Waals surface area contributed by atoms with Crippen LogP contribution in [0.1, 0.15) is 20.3 Å². The van der Waals surface area contributed by atoms with Crippen LogP contribution in [0.4, 0.5) is 0 Å². The summed E-state index contributed by atoms with van der Waals surface area (Å²) in [6.07, 6.45) is 0.289. The Labute approximate surface area is 98.9 Å². The second-order valence-corrected chi connectivity index (χ2v) is 4.99. The molecular formula is C10H16N2O3S. The molecule has 0 aromatic heterocycles. The fraction of sp³-hybridized carbons (Fsp3) is 0.700. The number of nitrogens with zero attached hydrogens (tertiary/aromatic N) is 1. The van der Waals surface area contributed by atoms with Crippen molar-refractivity contribution in [1.82, 2.24) is 10.2 Å². The van der Waals surface area contributed by atoms with Crippen molar-refractivity contribution in [2.75, 3.05) is 18.8 Å². The standard InChI is InChI=1S/C10H16N2O3S/c1-3-16-8-6-9(14)12(10(8)15)5-4-11-7(2)13/h8H,3-6H2,1-2H3,(H,11,13). The number of imide groups is 1. The van der Waals surface area contributed by atoms with Crippen LogP contribution < -0.4 is 5.32 Å². The molecule has 1 heterocycles. The number of rotatable bonds is 5. The highest BCUT2D eigenvalue weighted by molar-refractivity contribution is 8.00. The van der Waals surface area contributed by atoms with E-state index in [9.17, 15) is 14.4 Å². The largest absolute Gasteiger partial charge is 0.355 e. The molecule has 1 N–H and O–H groups in total. The molecule has 1 aliphatic rings. The maximum atomic E-state index is 11.8. The van der Waals surface area contributed by atoms with Gasteiger partial charge in [-0.15, -0.1) is 11.8 Å². The Morgan fingerprint density at radius 2 is 2.25 bits per heavy atom. The monoisotopic (exact) mass is 244 g/mol. The third-order valence-corrected chi connectivity index (χ3v) is 3.38. The van der Waals surface area contributed by atoms with E-state index in [1.807, 2.05) is 6.92 Å². The summed E-state index contributed by atoms with van der Waals surface area (Å²) in [4.78, 5) is 35.2. The van der Waals surface area contributed by atoms with Gasteiger partial charge in [-0.1, -0.05) is 6.92 Å². The third kappa shape index (κ3) is 3.23. The highest BCUT2D eigenvalue weighted by atomic mass is 32.2. The number of carbonyl (C=O) groups excluding carboxylic acids is 3. The Kier molecular flexibility index (Phi) is 4.79. The van der Waals surface area contributed by atoms with Crippen LogP contribution in [0.2, 0.25) is 0 Å². The highest BCUT2D eigenvalue weighted by Gasteiger charge is 2.37. The van der Waals surface area contributed by atoms with Gasteiger partial charge in [0.1, 0.15) is 0 Å². The first-order chi connectivity index (χ1) is 7.56. The topological polar surface area (TPSA) is 66.5 Å². The van der Waals surface area contributed by atoms with Crippen molar-refractivity contribution in [3.63, 3.8) is 0 Å². The highest BCUT2D eigenvalue weighted by Crippen LogP contribution is 2.24. The lowest BCUT2D eigenvalue weighted by molar-refractivity contribution is -0.138. The van der Waals surface area contributed by atoms with E-state index < -0.39 is 0 Å². The van der Waals surface area contributed by atoms with Crippen molar-refractivity contribution in [3.05, 3.63) is 0 Å². The molecular weight excluding hydrogens is 228 g/mol. The summed E-state index contributed by atoms with van der Waals surface area (Å²) in [5, 5.41) is 2.34. The first-order valence-corrected chi connectivity index (χ1v) is 6.31.